The molecular formula is C15H12BrFN2O4. The predicted octanol–water partition coefficient (Wildman–Crippen LogP) is 4.15. The molecule has 120 valence electrons. The van der Waals surface area contributed by atoms with E-state index in [1.807, 2.05) is 0 Å². The van der Waals surface area contributed by atoms with Crippen molar-refractivity contribution in [3.8, 4) is 5.75 Å². The van der Waals surface area contributed by atoms with Crippen molar-refractivity contribution in [2.45, 2.75) is 6.92 Å². The Balaban J connectivity index is 2.27. The summed E-state index contributed by atoms with van der Waals surface area (Å²) in [6, 6.07) is 7.45. The third-order valence-electron chi connectivity index (χ3n) is 2.89. The molecule has 0 heterocycles. The Morgan fingerprint density at radius 2 is 2.00 bits per heavy atom. The SMILES string of the molecule is CCOc1c(Br)cc(F)cc1NC(=O)c1ccc([N+](=O)[O-])cc1. The molecular weight excluding hydrogens is 371 g/mol. The Labute approximate surface area is 139 Å². The second-order valence-electron chi connectivity index (χ2n) is 4.46. The lowest BCUT2D eigenvalue weighted by Gasteiger charge is -2.13. The van der Waals surface area contributed by atoms with Gasteiger partial charge in [-0.15, -0.1) is 0 Å². The molecule has 0 aromatic heterocycles. The molecule has 0 aliphatic heterocycles. The van der Waals surface area contributed by atoms with E-state index in [1.165, 1.54) is 30.3 Å². The van der Waals surface area contributed by atoms with Gasteiger partial charge in [-0.3, -0.25) is 14.9 Å². The van der Waals surface area contributed by atoms with Crippen LogP contribution in [0.5, 0.6) is 5.75 Å². The first-order valence-electron chi connectivity index (χ1n) is 6.60. The zero-order valence-electron chi connectivity index (χ0n) is 12.0. The Bertz CT molecular complexity index is 750. The smallest absolute Gasteiger partial charge is 0.269 e. The maximum absolute atomic E-state index is 13.5. The first-order chi connectivity index (χ1) is 10.9. The first-order valence-corrected chi connectivity index (χ1v) is 7.39. The average Bonchev–Trinajstić information content (AvgIpc) is 2.50. The van der Waals surface area contributed by atoms with E-state index in [-0.39, 0.29) is 16.9 Å². The molecule has 0 bridgehead atoms. The summed E-state index contributed by atoms with van der Waals surface area (Å²) < 4.78 is 19.3. The van der Waals surface area contributed by atoms with Crippen LogP contribution in [0.3, 0.4) is 0 Å². The molecule has 0 spiro atoms. The zero-order valence-corrected chi connectivity index (χ0v) is 13.6. The van der Waals surface area contributed by atoms with Crippen LogP contribution in [0.25, 0.3) is 0 Å². The fourth-order valence-electron chi connectivity index (χ4n) is 1.87. The highest BCUT2D eigenvalue weighted by molar-refractivity contribution is 9.10. The molecule has 2 aromatic carbocycles. The maximum Gasteiger partial charge on any atom is 0.269 e. The standard InChI is InChI=1S/C15H12BrFN2O4/c1-2-23-14-12(16)7-10(17)8-13(14)18-15(20)9-3-5-11(6-4-9)19(21)22/h3-8H,2H2,1H3,(H,18,20). The Morgan fingerprint density at radius 3 is 2.57 bits per heavy atom. The van der Waals surface area contributed by atoms with Crippen molar-refractivity contribution in [1.82, 2.24) is 0 Å². The van der Waals surface area contributed by atoms with Crippen LogP contribution in [0.1, 0.15) is 17.3 Å². The molecule has 6 nitrogen and oxygen atoms in total. The summed E-state index contributed by atoms with van der Waals surface area (Å²) in [6.07, 6.45) is 0. The number of nitrogens with zero attached hydrogens (tertiary/aromatic N) is 1. The summed E-state index contributed by atoms with van der Waals surface area (Å²) in [5.41, 5.74) is 0.255. The predicted molar refractivity (Wildman–Crippen MR) is 86.3 cm³/mol. The summed E-state index contributed by atoms with van der Waals surface area (Å²) >= 11 is 3.18. The van der Waals surface area contributed by atoms with Gasteiger partial charge in [0.25, 0.3) is 11.6 Å². The van der Waals surface area contributed by atoms with E-state index < -0.39 is 16.6 Å². The fourth-order valence-corrected chi connectivity index (χ4v) is 2.42. The van der Waals surface area contributed by atoms with Crippen molar-refractivity contribution in [3.63, 3.8) is 0 Å². The number of ether oxygens (including phenoxy) is 1. The highest BCUT2D eigenvalue weighted by Crippen LogP contribution is 2.34. The van der Waals surface area contributed by atoms with Crippen molar-refractivity contribution < 1.29 is 18.8 Å². The van der Waals surface area contributed by atoms with E-state index in [4.69, 9.17) is 4.74 Å². The van der Waals surface area contributed by atoms with Gasteiger partial charge in [-0.2, -0.15) is 0 Å². The molecule has 0 saturated carbocycles. The number of nitro groups is 1. The summed E-state index contributed by atoms with van der Waals surface area (Å²) in [5, 5.41) is 13.1. The molecule has 0 aliphatic carbocycles. The Kier molecular flexibility index (Phi) is 5.28. The van der Waals surface area contributed by atoms with Crippen LogP contribution in [0.4, 0.5) is 15.8 Å². The second kappa shape index (κ2) is 7.19. The van der Waals surface area contributed by atoms with Gasteiger partial charge in [-0.25, -0.2) is 4.39 Å². The molecule has 1 N–H and O–H groups in total. The minimum absolute atomic E-state index is 0.120. The van der Waals surface area contributed by atoms with E-state index in [0.717, 1.165) is 6.07 Å². The summed E-state index contributed by atoms with van der Waals surface area (Å²) in [6.45, 7) is 2.10. The molecule has 0 atom stereocenters. The highest BCUT2D eigenvalue weighted by atomic mass is 79.9. The average molecular weight is 383 g/mol. The number of halogens is 2. The van der Waals surface area contributed by atoms with Crippen molar-refractivity contribution >= 4 is 33.2 Å². The van der Waals surface area contributed by atoms with Gasteiger partial charge in [0.05, 0.1) is 21.7 Å². The zero-order chi connectivity index (χ0) is 17.0. The monoisotopic (exact) mass is 382 g/mol. The number of benzene rings is 2. The van der Waals surface area contributed by atoms with Crippen LogP contribution in [-0.4, -0.2) is 17.4 Å². The molecule has 0 fully saturated rings. The third kappa shape index (κ3) is 4.04. The van der Waals surface area contributed by atoms with E-state index in [2.05, 4.69) is 21.2 Å². The number of anilines is 1. The molecule has 0 radical (unpaired) electrons. The number of amides is 1. The van der Waals surface area contributed by atoms with Gasteiger partial charge in [-0.05, 0) is 41.1 Å². The first kappa shape index (κ1) is 16.9. The van der Waals surface area contributed by atoms with Crippen LogP contribution >= 0.6 is 15.9 Å². The van der Waals surface area contributed by atoms with E-state index >= 15 is 0 Å². The van der Waals surface area contributed by atoms with Gasteiger partial charge in [0.15, 0.2) is 5.75 Å². The van der Waals surface area contributed by atoms with Crippen molar-refractivity contribution in [3.05, 3.63) is 62.4 Å². The largest absolute Gasteiger partial charge is 0.491 e. The summed E-state index contributed by atoms with van der Waals surface area (Å²) in [7, 11) is 0. The van der Waals surface area contributed by atoms with Crippen LogP contribution in [-0.2, 0) is 0 Å². The summed E-state index contributed by atoms with van der Waals surface area (Å²) in [4.78, 5) is 22.2. The lowest BCUT2D eigenvalue weighted by molar-refractivity contribution is -0.384. The molecule has 8 heteroatoms. The number of rotatable bonds is 5. The molecule has 2 rings (SSSR count). The number of nitro benzene ring substituents is 1. The van der Waals surface area contributed by atoms with E-state index in [1.54, 1.807) is 6.92 Å². The fraction of sp³-hybridized carbons (Fsp3) is 0.133. The second-order valence-corrected chi connectivity index (χ2v) is 5.31. The maximum atomic E-state index is 13.5. The summed E-state index contributed by atoms with van der Waals surface area (Å²) in [5.74, 6) is -0.762. The molecule has 23 heavy (non-hydrogen) atoms. The van der Waals surface area contributed by atoms with Crippen molar-refractivity contribution in [2.75, 3.05) is 11.9 Å². The van der Waals surface area contributed by atoms with Crippen molar-refractivity contribution in [1.29, 1.82) is 0 Å². The number of nitrogens with one attached hydrogen (secondary N) is 1. The molecule has 0 saturated heterocycles. The number of non-ortho nitro benzene ring substituents is 1. The van der Waals surface area contributed by atoms with E-state index in [0.29, 0.717) is 16.8 Å². The Morgan fingerprint density at radius 1 is 1.35 bits per heavy atom. The van der Waals surface area contributed by atoms with Crippen LogP contribution in [0.2, 0.25) is 0 Å². The number of hydrogen-bond acceptors (Lipinski definition) is 4. The minimum atomic E-state index is -0.557. The van der Waals surface area contributed by atoms with Gasteiger partial charge in [0, 0.05) is 23.8 Å². The number of hydrogen-bond donors (Lipinski definition) is 1. The van der Waals surface area contributed by atoms with E-state index in [9.17, 15) is 19.3 Å². The van der Waals surface area contributed by atoms with Crippen LogP contribution in [0.15, 0.2) is 40.9 Å². The Hall–Kier alpha value is -2.48. The quantitative estimate of drug-likeness (QED) is 0.621. The number of carbonyl (C=O) groups is 1. The van der Waals surface area contributed by atoms with Gasteiger partial charge >= 0.3 is 0 Å². The molecule has 0 unspecified atom stereocenters. The van der Waals surface area contributed by atoms with Crippen LogP contribution in [0, 0.1) is 15.9 Å². The molecule has 0 aliphatic rings. The van der Waals surface area contributed by atoms with Crippen LogP contribution < -0.4 is 10.1 Å². The van der Waals surface area contributed by atoms with Crippen molar-refractivity contribution in [2.24, 2.45) is 0 Å². The topological polar surface area (TPSA) is 81.5 Å². The molecule has 2 aromatic rings. The minimum Gasteiger partial charge on any atom is -0.491 e. The lowest BCUT2D eigenvalue weighted by Crippen LogP contribution is -2.13. The third-order valence-corrected chi connectivity index (χ3v) is 3.47. The lowest BCUT2D eigenvalue weighted by atomic mass is 10.2. The van der Waals surface area contributed by atoms with Gasteiger partial charge in [0.1, 0.15) is 5.82 Å². The van der Waals surface area contributed by atoms with Gasteiger partial charge in [-0.1, -0.05) is 0 Å². The molecule has 1 amide bonds. The highest BCUT2D eigenvalue weighted by Gasteiger charge is 2.15. The number of carbonyl (C=O) groups excluding carboxylic acids is 1. The van der Waals surface area contributed by atoms with Gasteiger partial charge < -0.3 is 10.1 Å². The van der Waals surface area contributed by atoms with Gasteiger partial charge in [0.2, 0.25) is 0 Å². The normalized spacial score (nSPS) is 10.2.